The van der Waals surface area contributed by atoms with Crippen LogP contribution < -0.4 is 5.32 Å². The third kappa shape index (κ3) is 2.94. The molecule has 3 rings (SSSR count). The summed E-state index contributed by atoms with van der Waals surface area (Å²) >= 11 is 3.42. The molecule has 1 N–H and O–H groups in total. The summed E-state index contributed by atoms with van der Waals surface area (Å²) < 4.78 is 6.26. The van der Waals surface area contributed by atoms with Gasteiger partial charge >= 0.3 is 6.09 Å². The number of rotatable bonds is 0. The number of pyridine rings is 1. The van der Waals surface area contributed by atoms with Crippen LogP contribution in [0.5, 0.6) is 0 Å². The van der Waals surface area contributed by atoms with Gasteiger partial charge in [0, 0.05) is 29.3 Å². The van der Waals surface area contributed by atoms with E-state index in [9.17, 15) is 9.59 Å². The molecular weight excluding hydrogens is 362 g/mol. The molecule has 0 atom stereocenters. The van der Waals surface area contributed by atoms with E-state index in [0.29, 0.717) is 31.7 Å². The SMILES string of the molecule is CC(C)(C)OC(=O)N1CCC2(CC1)C(=O)Nc1ncc(Br)cc12. The highest BCUT2D eigenvalue weighted by molar-refractivity contribution is 9.10. The average Bonchev–Trinajstić information content (AvgIpc) is 2.71. The van der Waals surface area contributed by atoms with Crippen LogP contribution in [-0.4, -0.2) is 40.6 Å². The fourth-order valence-corrected chi connectivity index (χ4v) is 3.48. The van der Waals surface area contributed by atoms with Crippen molar-refractivity contribution in [3.05, 3.63) is 22.3 Å². The van der Waals surface area contributed by atoms with Crippen LogP contribution in [0.2, 0.25) is 0 Å². The van der Waals surface area contributed by atoms with Gasteiger partial charge in [0.25, 0.3) is 0 Å². The summed E-state index contributed by atoms with van der Waals surface area (Å²) in [6, 6.07) is 1.95. The normalized spacial score (nSPS) is 19.5. The van der Waals surface area contributed by atoms with Gasteiger partial charge in [0.05, 0.1) is 5.41 Å². The van der Waals surface area contributed by atoms with Crippen molar-refractivity contribution in [2.45, 2.75) is 44.6 Å². The second kappa shape index (κ2) is 5.47. The Morgan fingerprint density at radius 3 is 2.65 bits per heavy atom. The van der Waals surface area contributed by atoms with Crippen molar-refractivity contribution in [2.75, 3.05) is 18.4 Å². The van der Waals surface area contributed by atoms with E-state index < -0.39 is 11.0 Å². The van der Waals surface area contributed by atoms with Crippen LogP contribution in [0.25, 0.3) is 0 Å². The molecule has 1 fully saturated rings. The van der Waals surface area contributed by atoms with Gasteiger partial charge in [-0.25, -0.2) is 9.78 Å². The quantitative estimate of drug-likeness (QED) is 0.749. The molecule has 1 aromatic heterocycles. The molecule has 0 saturated carbocycles. The second-order valence-electron chi connectivity index (χ2n) is 7.05. The Morgan fingerprint density at radius 1 is 1.39 bits per heavy atom. The summed E-state index contributed by atoms with van der Waals surface area (Å²) in [6.45, 7) is 6.53. The van der Waals surface area contributed by atoms with Crippen LogP contribution in [0.15, 0.2) is 16.7 Å². The molecule has 1 saturated heterocycles. The minimum atomic E-state index is -0.593. The standard InChI is InChI=1S/C16H20BrN3O3/c1-15(2,3)23-14(22)20-6-4-16(5-7-20)11-8-10(17)9-18-12(11)19-13(16)21/h8-9H,4-7H2,1-3H3,(H,18,19,21). The molecule has 2 aliphatic rings. The number of carbonyl (C=O) groups excluding carboxylic acids is 2. The predicted molar refractivity (Wildman–Crippen MR) is 89.3 cm³/mol. The molecule has 0 aliphatic carbocycles. The van der Waals surface area contributed by atoms with Crippen molar-refractivity contribution >= 4 is 33.7 Å². The van der Waals surface area contributed by atoms with E-state index in [2.05, 4.69) is 26.2 Å². The van der Waals surface area contributed by atoms with Crippen LogP contribution >= 0.6 is 15.9 Å². The number of ether oxygens (including phenoxy) is 1. The number of amides is 2. The Morgan fingerprint density at radius 2 is 2.04 bits per heavy atom. The maximum absolute atomic E-state index is 12.5. The zero-order valence-electron chi connectivity index (χ0n) is 13.5. The molecule has 1 spiro atoms. The molecule has 124 valence electrons. The molecule has 0 aromatic carbocycles. The number of aromatic nitrogens is 1. The lowest BCUT2D eigenvalue weighted by Crippen LogP contribution is -2.49. The van der Waals surface area contributed by atoms with E-state index in [1.54, 1.807) is 11.1 Å². The molecule has 3 heterocycles. The highest BCUT2D eigenvalue weighted by atomic mass is 79.9. The first-order valence-corrected chi connectivity index (χ1v) is 8.46. The number of fused-ring (bicyclic) bond motifs is 2. The van der Waals surface area contributed by atoms with Gasteiger partial charge < -0.3 is 15.0 Å². The Kier molecular flexibility index (Phi) is 3.86. The van der Waals surface area contributed by atoms with E-state index in [1.165, 1.54) is 0 Å². The number of nitrogens with one attached hydrogen (secondary N) is 1. The van der Waals surface area contributed by atoms with Gasteiger partial charge in [0.1, 0.15) is 11.4 Å². The van der Waals surface area contributed by atoms with Crippen molar-refractivity contribution in [1.82, 2.24) is 9.88 Å². The summed E-state index contributed by atoms with van der Waals surface area (Å²) in [5, 5.41) is 2.86. The summed E-state index contributed by atoms with van der Waals surface area (Å²) in [6.07, 6.45) is 2.50. The molecule has 1 aromatic rings. The van der Waals surface area contributed by atoms with Gasteiger partial charge in [-0.1, -0.05) is 0 Å². The third-order valence-corrected chi connectivity index (χ3v) is 4.74. The fraction of sp³-hybridized carbons (Fsp3) is 0.562. The van der Waals surface area contributed by atoms with Gasteiger partial charge in [-0.2, -0.15) is 0 Å². The maximum Gasteiger partial charge on any atom is 0.410 e. The number of anilines is 1. The lowest BCUT2D eigenvalue weighted by molar-refractivity contribution is -0.122. The minimum absolute atomic E-state index is 0.0260. The van der Waals surface area contributed by atoms with Gasteiger partial charge in [0.2, 0.25) is 5.91 Å². The fourth-order valence-electron chi connectivity index (χ4n) is 3.15. The van der Waals surface area contributed by atoms with E-state index in [1.807, 2.05) is 26.8 Å². The highest BCUT2D eigenvalue weighted by Crippen LogP contribution is 2.44. The Bertz CT molecular complexity index is 661. The molecular formula is C16H20BrN3O3. The van der Waals surface area contributed by atoms with Gasteiger partial charge in [0.15, 0.2) is 0 Å². The van der Waals surface area contributed by atoms with E-state index >= 15 is 0 Å². The first-order chi connectivity index (χ1) is 10.7. The number of likely N-dealkylation sites (tertiary alicyclic amines) is 1. The Hall–Kier alpha value is -1.63. The van der Waals surface area contributed by atoms with Gasteiger partial charge in [-0.3, -0.25) is 4.79 Å². The minimum Gasteiger partial charge on any atom is -0.444 e. The largest absolute Gasteiger partial charge is 0.444 e. The molecule has 0 radical (unpaired) electrons. The molecule has 2 amide bonds. The number of nitrogens with zero attached hydrogens (tertiary/aromatic N) is 2. The van der Waals surface area contributed by atoms with Crippen LogP contribution in [0.4, 0.5) is 10.6 Å². The summed E-state index contributed by atoms with van der Waals surface area (Å²) in [4.78, 5) is 30.7. The first-order valence-electron chi connectivity index (χ1n) is 7.67. The van der Waals surface area contributed by atoms with Crippen LogP contribution in [0.3, 0.4) is 0 Å². The number of piperidine rings is 1. The number of hydrogen-bond donors (Lipinski definition) is 1. The summed E-state index contributed by atoms with van der Waals surface area (Å²) in [5.74, 6) is 0.603. The number of carbonyl (C=O) groups is 2. The van der Waals surface area contributed by atoms with E-state index in [0.717, 1.165) is 10.0 Å². The van der Waals surface area contributed by atoms with E-state index in [4.69, 9.17) is 4.74 Å². The van der Waals surface area contributed by atoms with Gasteiger partial charge in [-0.05, 0) is 55.6 Å². The lowest BCUT2D eigenvalue weighted by Gasteiger charge is -2.38. The van der Waals surface area contributed by atoms with Crippen molar-refractivity contribution in [1.29, 1.82) is 0 Å². The van der Waals surface area contributed by atoms with Crippen molar-refractivity contribution < 1.29 is 14.3 Å². The molecule has 6 nitrogen and oxygen atoms in total. The van der Waals surface area contributed by atoms with E-state index in [-0.39, 0.29) is 12.0 Å². The molecule has 23 heavy (non-hydrogen) atoms. The Labute approximate surface area is 143 Å². The highest BCUT2D eigenvalue weighted by Gasteiger charge is 2.50. The second-order valence-corrected chi connectivity index (χ2v) is 7.97. The zero-order valence-corrected chi connectivity index (χ0v) is 15.1. The average molecular weight is 382 g/mol. The van der Waals surface area contributed by atoms with Crippen LogP contribution in [0, 0.1) is 0 Å². The predicted octanol–water partition coefficient (Wildman–Crippen LogP) is 3.06. The molecule has 0 unspecified atom stereocenters. The lowest BCUT2D eigenvalue weighted by atomic mass is 9.74. The Balaban J connectivity index is 1.78. The topological polar surface area (TPSA) is 71.5 Å². The van der Waals surface area contributed by atoms with Crippen LogP contribution in [-0.2, 0) is 14.9 Å². The monoisotopic (exact) mass is 381 g/mol. The van der Waals surface area contributed by atoms with Crippen LogP contribution in [0.1, 0.15) is 39.2 Å². The maximum atomic E-state index is 12.5. The molecule has 2 aliphatic heterocycles. The summed E-state index contributed by atoms with van der Waals surface area (Å²) in [7, 11) is 0. The summed E-state index contributed by atoms with van der Waals surface area (Å²) in [5.41, 5.74) is -0.191. The van der Waals surface area contributed by atoms with Crippen molar-refractivity contribution in [3.63, 3.8) is 0 Å². The first kappa shape index (κ1) is 16.2. The molecule has 7 heteroatoms. The van der Waals surface area contributed by atoms with Crippen molar-refractivity contribution in [3.8, 4) is 0 Å². The zero-order chi connectivity index (χ0) is 16.8. The smallest absolute Gasteiger partial charge is 0.410 e. The third-order valence-electron chi connectivity index (χ3n) is 4.31. The molecule has 0 bridgehead atoms. The van der Waals surface area contributed by atoms with Crippen molar-refractivity contribution in [2.24, 2.45) is 0 Å². The van der Waals surface area contributed by atoms with Gasteiger partial charge in [-0.15, -0.1) is 0 Å². The number of halogens is 1. The number of hydrogen-bond acceptors (Lipinski definition) is 4.